The highest BCUT2D eigenvalue weighted by atomic mass is 32.2. The Balaban J connectivity index is 1.78. The number of rotatable bonds is 4. The minimum absolute atomic E-state index is 0.135. The Morgan fingerprint density at radius 1 is 1.26 bits per heavy atom. The number of halogens is 1. The van der Waals surface area contributed by atoms with Gasteiger partial charge in [0, 0.05) is 28.6 Å². The van der Waals surface area contributed by atoms with E-state index >= 15 is 0 Å². The molecular weight excluding hydrogens is 371 g/mol. The number of likely N-dealkylation sites (N-methyl/N-ethyl adjacent to an activating group) is 1. The molecule has 0 radical (unpaired) electrons. The molecule has 0 bridgehead atoms. The molecule has 1 aliphatic heterocycles. The highest BCUT2D eigenvalue weighted by Gasteiger charge is 2.31. The van der Waals surface area contributed by atoms with Crippen molar-refractivity contribution in [1.82, 2.24) is 10.3 Å². The number of aromatic amines is 1. The van der Waals surface area contributed by atoms with Gasteiger partial charge in [0.25, 0.3) is 5.91 Å². The quantitative estimate of drug-likeness (QED) is 0.719. The number of fused-ring (bicyclic) bond motifs is 5. The molecule has 140 valence electrons. The van der Waals surface area contributed by atoms with Gasteiger partial charge in [0.1, 0.15) is 11.6 Å². The minimum Gasteiger partial charge on any atom is -0.484 e. The Labute approximate surface area is 155 Å². The second-order valence-corrected chi connectivity index (χ2v) is 8.29. The smallest absolute Gasteiger partial charge is 0.257 e. The van der Waals surface area contributed by atoms with Gasteiger partial charge < -0.3 is 15.0 Å². The normalized spacial score (nSPS) is 14.4. The first-order valence-corrected chi connectivity index (χ1v) is 10.1. The van der Waals surface area contributed by atoms with E-state index in [-0.39, 0.29) is 23.2 Å². The third-order valence-electron chi connectivity index (χ3n) is 4.50. The zero-order chi connectivity index (χ0) is 19.2. The Kier molecular flexibility index (Phi) is 4.15. The van der Waals surface area contributed by atoms with E-state index in [0.29, 0.717) is 40.0 Å². The number of H-pyrrole nitrogens is 1. The van der Waals surface area contributed by atoms with Gasteiger partial charge in [-0.1, -0.05) is 0 Å². The second-order valence-electron chi connectivity index (χ2n) is 6.33. The van der Waals surface area contributed by atoms with Crippen molar-refractivity contribution < 1.29 is 22.3 Å². The van der Waals surface area contributed by atoms with Crippen molar-refractivity contribution in [2.24, 2.45) is 0 Å². The predicted octanol–water partition coefficient (Wildman–Crippen LogP) is 2.78. The average molecular weight is 388 g/mol. The molecule has 0 saturated heterocycles. The highest BCUT2D eigenvalue weighted by Crippen LogP contribution is 2.42. The van der Waals surface area contributed by atoms with E-state index in [1.165, 1.54) is 18.2 Å². The SMILES string of the molecule is CCNC(=O)COc1ccc2c(c1)S(=O)(=O)Cc1c-2[nH]c2ccc(F)cc12. The monoisotopic (exact) mass is 388 g/mol. The summed E-state index contributed by atoms with van der Waals surface area (Å²) in [6, 6.07) is 8.96. The number of sulfone groups is 1. The molecular formula is C19H17FN2O4S. The van der Waals surface area contributed by atoms with Crippen LogP contribution in [0.25, 0.3) is 22.2 Å². The molecule has 8 heteroatoms. The summed E-state index contributed by atoms with van der Waals surface area (Å²) in [5.74, 6) is -0.618. The van der Waals surface area contributed by atoms with E-state index in [0.717, 1.165) is 0 Å². The molecule has 0 fully saturated rings. The van der Waals surface area contributed by atoms with Crippen molar-refractivity contribution in [2.75, 3.05) is 13.2 Å². The molecule has 27 heavy (non-hydrogen) atoms. The Morgan fingerprint density at radius 3 is 2.85 bits per heavy atom. The third-order valence-corrected chi connectivity index (χ3v) is 6.18. The second kappa shape index (κ2) is 6.38. The number of hydrogen-bond donors (Lipinski definition) is 2. The van der Waals surface area contributed by atoms with Crippen LogP contribution in [0.1, 0.15) is 12.5 Å². The van der Waals surface area contributed by atoms with Crippen LogP contribution in [-0.4, -0.2) is 32.5 Å². The molecule has 2 aromatic carbocycles. The summed E-state index contributed by atoms with van der Waals surface area (Å²) in [6.45, 7) is 2.10. The summed E-state index contributed by atoms with van der Waals surface area (Å²) >= 11 is 0. The molecule has 1 aliphatic rings. The average Bonchev–Trinajstić information content (AvgIpc) is 2.97. The van der Waals surface area contributed by atoms with Gasteiger partial charge in [0.2, 0.25) is 0 Å². The number of nitrogens with one attached hydrogen (secondary N) is 2. The van der Waals surface area contributed by atoms with E-state index in [4.69, 9.17) is 4.74 Å². The van der Waals surface area contributed by atoms with Crippen molar-refractivity contribution in [3.05, 3.63) is 47.8 Å². The van der Waals surface area contributed by atoms with Crippen molar-refractivity contribution >= 4 is 26.6 Å². The molecule has 0 atom stereocenters. The summed E-state index contributed by atoms with van der Waals surface area (Å²) in [6.07, 6.45) is 0. The van der Waals surface area contributed by atoms with Crippen LogP contribution in [0.2, 0.25) is 0 Å². The summed E-state index contributed by atoms with van der Waals surface area (Å²) < 4.78 is 44.6. The van der Waals surface area contributed by atoms with Crippen LogP contribution in [0.5, 0.6) is 5.75 Å². The number of carbonyl (C=O) groups is 1. The van der Waals surface area contributed by atoms with Gasteiger partial charge in [-0.3, -0.25) is 4.79 Å². The zero-order valence-electron chi connectivity index (χ0n) is 14.5. The largest absolute Gasteiger partial charge is 0.484 e. The molecule has 2 N–H and O–H groups in total. The summed E-state index contributed by atoms with van der Waals surface area (Å²) in [4.78, 5) is 14.9. The standard InChI is InChI=1S/C19H17FN2O4S/c1-2-21-18(23)9-26-12-4-5-13-17(8-12)27(24,25)10-15-14-7-11(20)3-6-16(14)22-19(13)15/h3-8,22H,2,9-10H2,1H3,(H,21,23). The van der Waals surface area contributed by atoms with Crippen LogP contribution >= 0.6 is 0 Å². The molecule has 0 saturated carbocycles. The summed E-state index contributed by atoms with van der Waals surface area (Å²) in [5.41, 5.74) is 2.42. The van der Waals surface area contributed by atoms with Crippen LogP contribution in [0, 0.1) is 5.82 Å². The van der Waals surface area contributed by atoms with Gasteiger partial charge in [-0.2, -0.15) is 0 Å². The Hall–Kier alpha value is -2.87. The number of hydrogen-bond acceptors (Lipinski definition) is 4. The first-order chi connectivity index (χ1) is 12.9. The molecule has 0 spiro atoms. The van der Waals surface area contributed by atoms with Crippen LogP contribution in [0.3, 0.4) is 0 Å². The zero-order valence-corrected chi connectivity index (χ0v) is 15.3. The number of ether oxygens (including phenoxy) is 1. The fraction of sp³-hybridized carbons (Fsp3) is 0.211. The van der Waals surface area contributed by atoms with E-state index in [2.05, 4.69) is 10.3 Å². The molecule has 2 heterocycles. The maximum Gasteiger partial charge on any atom is 0.257 e. The summed E-state index contributed by atoms with van der Waals surface area (Å²) in [5, 5.41) is 3.17. The van der Waals surface area contributed by atoms with Crippen LogP contribution in [-0.2, 0) is 20.4 Å². The molecule has 3 aromatic rings. The maximum atomic E-state index is 13.6. The highest BCUT2D eigenvalue weighted by molar-refractivity contribution is 7.91. The van der Waals surface area contributed by atoms with Gasteiger partial charge in [-0.25, -0.2) is 12.8 Å². The number of carbonyl (C=O) groups excluding carboxylic acids is 1. The fourth-order valence-electron chi connectivity index (χ4n) is 3.32. The third kappa shape index (κ3) is 3.06. The fourth-order valence-corrected chi connectivity index (χ4v) is 4.96. The maximum absolute atomic E-state index is 13.6. The van der Waals surface area contributed by atoms with Gasteiger partial charge in [0.05, 0.1) is 16.3 Å². The lowest BCUT2D eigenvalue weighted by molar-refractivity contribution is -0.122. The van der Waals surface area contributed by atoms with E-state index < -0.39 is 15.7 Å². The Bertz CT molecular complexity index is 1170. The van der Waals surface area contributed by atoms with Gasteiger partial charge in [0.15, 0.2) is 16.4 Å². The molecule has 0 unspecified atom stereocenters. The van der Waals surface area contributed by atoms with Gasteiger partial charge in [-0.15, -0.1) is 0 Å². The first-order valence-electron chi connectivity index (χ1n) is 8.46. The van der Waals surface area contributed by atoms with Crippen molar-refractivity contribution in [3.63, 3.8) is 0 Å². The topological polar surface area (TPSA) is 88.3 Å². The lowest BCUT2D eigenvalue weighted by atomic mass is 10.1. The van der Waals surface area contributed by atoms with Gasteiger partial charge in [-0.05, 0) is 43.3 Å². The molecule has 4 rings (SSSR count). The summed E-state index contributed by atoms with van der Waals surface area (Å²) in [7, 11) is -3.62. The van der Waals surface area contributed by atoms with Crippen molar-refractivity contribution in [1.29, 1.82) is 0 Å². The lowest BCUT2D eigenvalue weighted by Gasteiger charge is -2.18. The minimum atomic E-state index is -3.62. The molecule has 1 aromatic heterocycles. The van der Waals surface area contributed by atoms with Crippen molar-refractivity contribution in [3.8, 4) is 17.0 Å². The molecule has 6 nitrogen and oxygen atoms in total. The first kappa shape index (κ1) is 17.5. The predicted molar refractivity (Wildman–Crippen MR) is 98.8 cm³/mol. The van der Waals surface area contributed by atoms with E-state index in [1.54, 1.807) is 25.1 Å². The van der Waals surface area contributed by atoms with Crippen LogP contribution < -0.4 is 10.1 Å². The van der Waals surface area contributed by atoms with Gasteiger partial charge >= 0.3 is 0 Å². The number of amides is 1. The van der Waals surface area contributed by atoms with Crippen LogP contribution in [0.15, 0.2) is 41.3 Å². The van der Waals surface area contributed by atoms with Crippen LogP contribution in [0.4, 0.5) is 4.39 Å². The Morgan fingerprint density at radius 2 is 2.07 bits per heavy atom. The van der Waals surface area contributed by atoms with E-state index in [9.17, 15) is 17.6 Å². The van der Waals surface area contributed by atoms with E-state index in [1.807, 2.05) is 0 Å². The lowest BCUT2D eigenvalue weighted by Crippen LogP contribution is -2.28. The van der Waals surface area contributed by atoms with Crippen molar-refractivity contribution in [2.45, 2.75) is 17.6 Å². The molecule has 1 amide bonds. The number of benzene rings is 2. The molecule has 0 aliphatic carbocycles. The number of aromatic nitrogens is 1.